The molecule has 11 heteroatoms. The van der Waals surface area contributed by atoms with Crippen molar-refractivity contribution in [2.24, 2.45) is 34.0 Å². The molecule has 5 atom stereocenters. The Morgan fingerprint density at radius 1 is 0.908 bits per heavy atom. The lowest BCUT2D eigenvalue weighted by Crippen LogP contribution is -2.55. The van der Waals surface area contributed by atoms with Crippen LogP contribution in [0.5, 0.6) is 0 Å². The predicted octanol–water partition coefficient (Wildman–Crippen LogP) is 9.79. The van der Waals surface area contributed by atoms with Crippen LogP contribution >= 0.6 is 0 Å². The van der Waals surface area contributed by atoms with Gasteiger partial charge in [-0.3, -0.25) is 28.8 Å². The fraction of sp³-hybridized carbons (Fsp3) is 0.741. The first-order chi connectivity index (χ1) is 30.4. The van der Waals surface area contributed by atoms with E-state index < -0.39 is 41.0 Å². The second-order valence-corrected chi connectivity index (χ2v) is 22.2. The summed E-state index contributed by atoms with van der Waals surface area (Å²) in [6, 6.07) is 6.27. The third-order valence-corrected chi connectivity index (χ3v) is 13.2. The van der Waals surface area contributed by atoms with Crippen LogP contribution in [-0.2, 0) is 46.5 Å². The first-order valence-electron chi connectivity index (χ1n) is 24.9. The summed E-state index contributed by atoms with van der Waals surface area (Å²) >= 11 is 0. The smallest absolute Gasteiger partial charge is 0.289 e. The number of likely N-dealkylation sites (tertiary alicyclic amines) is 1. The van der Waals surface area contributed by atoms with Gasteiger partial charge in [-0.25, -0.2) is 4.79 Å². The van der Waals surface area contributed by atoms with Gasteiger partial charge in [0.05, 0.1) is 6.04 Å². The Labute approximate surface area is 393 Å². The molecule has 2 aliphatic heterocycles. The second kappa shape index (κ2) is 26.9. The molecule has 0 bridgehead atoms. The molecule has 0 spiro atoms. The van der Waals surface area contributed by atoms with E-state index in [9.17, 15) is 28.8 Å². The average molecular weight is 905 g/mol. The molecule has 2 saturated carbocycles. The van der Waals surface area contributed by atoms with Crippen LogP contribution in [-0.4, -0.2) is 82.2 Å². The SMILES string of the molecule is C=C=O.CC(C)(C)C.CCC1(C)CCCCC1.CCCC(NC(=O)C1C[C@@H](CC(=O)N2CCc3ccccc3C2)CN1C(=O)[C@@H](C(C)CCC(=O)CC)C(C)(C)C)C(=O)C(=O)NC1CC1. The number of rotatable bonds is 16. The Bertz CT molecular complexity index is 1740. The van der Waals surface area contributed by atoms with Crippen molar-refractivity contribution >= 4 is 41.1 Å². The highest BCUT2D eigenvalue weighted by Gasteiger charge is 2.47. The minimum absolute atomic E-state index is 0.00226. The Morgan fingerprint density at radius 2 is 1.49 bits per heavy atom. The number of fused-ring (bicyclic) bond motifs is 1. The summed E-state index contributed by atoms with van der Waals surface area (Å²) in [6.45, 7) is 29.3. The Balaban J connectivity index is 0.000000717. The highest BCUT2D eigenvalue weighted by Crippen LogP contribution is 2.40. The number of ketones is 2. The number of amides is 4. The summed E-state index contributed by atoms with van der Waals surface area (Å²) in [5.41, 5.74) is 3.15. The van der Waals surface area contributed by atoms with Gasteiger partial charge in [-0.15, -0.1) is 0 Å². The molecule has 11 nitrogen and oxygen atoms in total. The van der Waals surface area contributed by atoms with Crippen LogP contribution < -0.4 is 10.6 Å². The maximum absolute atomic E-state index is 14.5. The summed E-state index contributed by atoms with van der Waals surface area (Å²) in [4.78, 5) is 92.2. The van der Waals surface area contributed by atoms with E-state index in [-0.39, 0.29) is 54.9 Å². The normalized spacial score (nSPS) is 20.2. The summed E-state index contributed by atoms with van der Waals surface area (Å²) < 4.78 is 0. The van der Waals surface area contributed by atoms with Crippen molar-refractivity contribution in [3.63, 3.8) is 0 Å². The Hall–Kier alpha value is -4.11. The van der Waals surface area contributed by atoms with Gasteiger partial charge in [0.25, 0.3) is 5.91 Å². The number of hydrogen-bond donors (Lipinski definition) is 2. The molecular weight excluding hydrogens is 817 g/mol. The molecule has 1 aromatic rings. The zero-order valence-electron chi connectivity index (χ0n) is 42.7. The summed E-state index contributed by atoms with van der Waals surface area (Å²) in [6.07, 6.45) is 14.0. The largest absolute Gasteiger partial charge is 0.347 e. The molecule has 1 aromatic carbocycles. The van der Waals surface area contributed by atoms with Gasteiger partial charge in [0.1, 0.15) is 17.8 Å². The van der Waals surface area contributed by atoms with E-state index in [1.54, 1.807) is 4.90 Å². The van der Waals surface area contributed by atoms with E-state index in [1.807, 2.05) is 64.6 Å². The summed E-state index contributed by atoms with van der Waals surface area (Å²) in [7, 11) is 0. The van der Waals surface area contributed by atoms with Gasteiger partial charge in [-0.1, -0.05) is 139 Å². The van der Waals surface area contributed by atoms with E-state index in [0.717, 1.165) is 30.2 Å². The molecular formula is C54H88N4O7. The maximum Gasteiger partial charge on any atom is 0.289 e. The Kier molecular flexibility index (Phi) is 23.6. The molecule has 5 rings (SSSR count). The van der Waals surface area contributed by atoms with Gasteiger partial charge in [0.2, 0.25) is 23.5 Å². The van der Waals surface area contributed by atoms with Gasteiger partial charge >= 0.3 is 0 Å². The van der Waals surface area contributed by atoms with Crippen molar-refractivity contribution in [3.8, 4) is 0 Å². The fourth-order valence-electron chi connectivity index (χ4n) is 9.25. The third-order valence-electron chi connectivity index (χ3n) is 13.2. The molecule has 1 saturated heterocycles. The van der Waals surface area contributed by atoms with E-state index >= 15 is 0 Å². The predicted molar refractivity (Wildman–Crippen MR) is 261 cm³/mol. The molecule has 3 fully saturated rings. The highest BCUT2D eigenvalue weighted by atomic mass is 16.2. The van der Waals surface area contributed by atoms with Crippen LogP contribution in [0.1, 0.15) is 191 Å². The average Bonchev–Trinajstić information content (AvgIpc) is 3.96. The minimum Gasteiger partial charge on any atom is -0.347 e. The van der Waals surface area contributed by atoms with Gasteiger partial charge in [0, 0.05) is 50.9 Å². The van der Waals surface area contributed by atoms with Gasteiger partial charge < -0.3 is 20.4 Å². The molecule has 2 N–H and O–H groups in total. The van der Waals surface area contributed by atoms with E-state index in [2.05, 4.69) is 64.8 Å². The number of nitrogens with one attached hydrogen (secondary N) is 2. The first kappa shape index (κ1) is 57.0. The van der Waals surface area contributed by atoms with Crippen LogP contribution in [0.2, 0.25) is 0 Å². The third kappa shape index (κ3) is 20.1. The maximum atomic E-state index is 14.5. The number of carbonyl (C=O) groups is 6. The van der Waals surface area contributed by atoms with Crippen LogP contribution in [0.4, 0.5) is 0 Å². The van der Waals surface area contributed by atoms with Crippen LogP contribution in [0.25, 0.3) is 0 Å². The summed E-state index contributed by atoms with van der Waals surface area (Å²) in [5, 5.41) is 5.56. The lowest BCUT2D eigenvalue weighted by Gasteiger charge is -2.38. The van der Waals surface area contributed by atoms with Crippen molar-refractivity contribution in [3.05, 3.63) is 42.0 Å². The molecule has 2 heterocycles. The van der Waals surface area contributed by atoms with Crippen LogP contribution in [0, 0.1) is 34.0 Å². The van der Waals surface area contributed by atoms with Crippen molar-refractivity contribution in [1.29, 1.82) is 0 Å². The number of hydrogen-bond acceptors (Lipinski definition) is 7. The molecule has 2 aliphatic carbocycles. The topological polar surface area (TPSA) is 150 Å². The minimum atomic E-state index is -0.996. The first-order valence-corrected chi connectivity index (χ1v) is 24.9. The molecule has 65 heavy (non-hydrogen) atoms. The quantitative estimate of drug-likeness (QED) is 0.124. The van der Waals surface area contributed by atoms with E-state index in [4.69, 9.17) is 4.79 Å². The van der Waals surface area contributed by atoms with Crippen molar-refractivity contribution in [2.45, 2.75) is 210 Å². The van der Waals surface area contributed by atoms with Crippen molar-refractivity contribution in [1.82, 2.24) is 20.4 Å². The molecule has 4 aliphatic rings. The lowest BCUT2D eigenvalue weighted by molar-refractivity contribution is -0.147. The zero-order valence-corrected chi connectivity index (χ0v) is 42.7. The van der Waals surface area contributed by atoms with Gasteiger partial charge in [-0.2, -0.15) is 0 Å². The fourth-order valence-corrected chi connectivity index (χ4v) is 9.25. The molecule has 0 radical (unpaired) electrons. The van der Waals surface area contributed by atoms with E-state index in [0.29, 0.717) is 50.6 Å². The standard InChI is InChI=1S/C38H56N4O6.C9H18.C5H12.C2H2O/c1-7-11-30(34(45)36(47)39-28-15-16-28)40-35(46)31-20-25(21-32(44)41-19-18-26-12-9-10-13-27(26)23-41)22-42(31)37(48)33(38(4,5)6)24(3)14-17-29(43)8-2;1-3-9(2)7-5-4-6-8-9;1-5(2,3)4;1-2-3/h9-10,12-13,24-25,28,30-31,33H,7-8,11,14-23H2,1-6H3,(H,39,47)(H,40,46);3-8H2,1-2H3;1-4H3;1H2/t24?,25-,30?,31?,33+;;;/m0.../s1. The van der Waals surface area contributed by atoms with Gasteiger partial charge in [0.15, 0.2) is 0 Å². The number of Topliss-reactive ketones (excluding diaryl/α,β-unsaturated/α-hetero) is 2. The van der Waals surface area contributed by atoms with Gasteiger partial charge in [-0.05, 0) is 97.2 Å². The number of carbonyl (C=O) groups excluding carboxylic acids is 7. The van der Waals surface area contributed by atoms with E-state index in [1.165, 1.54) is 50.0 Å². The lowest BCUT2D eigenvalue weighted by atomic mass is 9.71. The Morgan fingerprint density at radius 3 is 2.00 bits per heavy atom. The molecule has 4 amide bonds. The van der Waals surface area contributed by atoms with Crippen LogP contribution in [0.15, 0.2) is 30.8 Å². The van der Waals surface area contributed by atoms with Crippen molar-refractivity contribution in [2.75, 3.05) is 13.1 Å². The van der Waals surface area contributed by atoms with Crippen molar-refractivity contribution < 1.29 is 33.6 Å². The number of benzene rings is 1. The monoisotopic (exact) mass is 905 g/mol. The second-order valence-electron chi connectivity index (χ2n) is 22.2. The number of nitrogens with zero attached hydrogens (tertiary/aromatic N) is 2. The zero-order chi connectivity index (χ0) is 49.1. The molecule has 3 unspecified atom stereocenters. The highest BCUT2D eigenvalue weighted by molar-refractivity contribution is 6.38. The molecule has 0 aromatic heterocycles. The summed E-state index contributed by atoms with van der Waals surface area (Å²) in [5.74, 6) is -1.45. The van der Waals surface area contributed by atoms with Crippen LogP contribution in [0.3, 0.4) is 0 Å². The molecule has 366 valence electrons.